The second-order valence-corrected chi connectivity index (χ2v) is 5.03. The molecule has 0 spiro atoms. The van der Waals surface area contributed by atoms with E-state index in [-0.39, 0.29) is 6.04 Å². The van der Waals surface area contributed by atoms with Crippen LogP contribution in [0.15, 0.2) is 42.5 Å². The Labute approximate surface area is 121 Å². The van der Waals surface area contributed by atoms with E-state index in [1.165, 1.54) is 22.3 Å². The van der Waals surface area contributed by atoms with Crippen LogP contribution in [0, 0.1) is 13.8 Å². The van der Waals surface area contributed by atoms with Gasteiger partial charge in [-0.1, -0.05) is 49.4 Å². The summed E-state index contributed by atoms with van der Waals surface area (Å²) in [7, 11) is 1.75. The van der Waals surface area contributed by atoms with Gasteiger partial charge in [-0.15, -0.1) is 0 Å². The second kappa shape index (κ2) is 6.58. The minimum Gasteiger partial charge on any atom is -0.496 e. The largest absolute Gasteiger partial charge is 0.496 e. The molecule has 0 fully saturated rings. The SMILES string of the molecule is CCNC(c1ccccc1)c1ccc(C)c(C)c1OC. The highest BCUT2D eigenvalue weighted by molar-refractivity contribution is 5.49. The predicted molar refractivity (Wildman–Crippen MR) is 84.4 cm³/mol. The number of hydrogen-bond acceptors (Lipinski definition) is 2. The average Bonchev–Trinajstić information content (AvgIpc) is 2.48. The van der Waals surface area contributed by atoms with Crippen LogP contribution in [0.1, 0.15) is 35.2 Å². The van der Waals surface area contributed by atoms with Gasteiger partial charge in [0.05, 0.1) is 13.2 Å². The lowest BCUT2D eigenvalue weighted by Crippen LogP contribution is -2.22. The molecular weight excluding hydrogens is 246 g/mol. The Balaban J connectivity index is 2.53. The quantitative estimate of drug-likeness (QED) is 0.885. The number of rotatable bonds is 5. The van der Waals surface area contributed by atoms with Crippen LogP contribution in [0.25, 0.3) is 0 Å². The Hall–Kier alpha value is -1.80. The fourth-order valence-corrected chi connectivity index (χ4v) is 2.57. The maximum atomic E-state index is 5.67. The average molecular weight is 269 g/mol. The first kappa shape index (κ1) is 14.6. The molecule has 2 nitrogen and oxygen atoms in total. The van der Waals surface area contributed by atoms with E-state index in [4.69, 9.17) is 4.74 Å². The molecule has 2 aromatic rings. The van der Waals surface area contributed by atoms with Crippen molar-refractivity contribution in [3.05, 3.63) is 64.7 Å². The van der Waals surface area contributed by atoms with E-state index >= 15 is 0 Å². The smallest absolute Gasteiger partial charge is 0.127 e. The molecule has 106 valence electrons. The van der Waals surface area contributed by atoms with Gasteiger partial charge in [-0.3, -0.25) is 0 Å². The van der Waals surface area contributed by atoms with E-state index in [1.54, 1.807) is 7.11 Å². The van der Waals surface area contributed by atoms with Gasteiger partial charge >= 0.3 is 0 Å². The number of hydrogen-bond donors (Lipinski definition) is 1. The molecule has 0 aromatic heterocycles. The van der Waals surface area contributed by atoms with E-state index < -0.39 is 0 Å². The van der Waals surface area contributed by atoms with Crippen molar-refractivity contribution >= 4 is 0 Å². The summed E-state index contributed by atoms with van der Waals surface area (Å²) < 4.78 is 5.67. The number of methoxy groups -OCH3 is 1. The highest BCUT2D eigenvalue weighted by Gasteiger charge is 2.19. The van der Waals surface area contributed by atoms with Crippen molar-refractivity contribution in [2.75, 3.05) is 13.7 Å². The minimum atomic E-state index is 0.162. The van der Waals surface area contributed by atoms with Crippen molar-refractivity contribution in [2.24, 2.45) is 0 Å². The van der Waals surface area contributed by atoms with E-state index in [0.29, 0.717) is 0 Å². The van der Waals surface area contributed by atoms with Gasteiger partial charge in [-0.2, -0.15) is 0 Å². The summed E-state index contributed by atoms with van der Waals surface area (Å²) >= 11 is 0. The Morgan fingerprint density at radius 1 is 1.05 bits per heavy atom. The van der Waals surface area contributed by atoms with Crippen molar-refractivity contribution in [3.63, 3.8) is 0 Å². The lowest BCUT2D eigenvalue weighted by Gasteiger charge is -2.23. The third-order valence-corrected chi connectivity index (χ3v) is 3.76. The van der Waals surface area contributed by atoms with Gasteiger partial charge in [0.1, 0.15) is 5.75 Å². The van der Waals surface area contributed by atoms with Gasteiger partial charge in [0.25, 0.3) is 0 Å². The maximum Gasteiger partial charge on any atom is 0.127 e. The van der Waals surface area contributed by atoms with Gasteiger partial charge in [0, 0.05) is 5.56 Å². The molecule has 0 aliphatic rings. The molecule has 0 radical (unpaired) electrons. The summed E-state index contributed by atoms with van der Waals surface area (Å²) in [6, 6.07) is 15.0. The first-order valence-corrected chi connectivity index (χ1v) is 7.11. The predicted octanol–water partition coefficient (Wildman–Crippen LogP) is 4.01. The first-order chi connectivity index (χ1) is 9.69. The van der Waals surface area contributed by atoms with Crippen molar-refractivity contribution in [2.45, 2.75) is 26.8 Å². The van der Waals surface area contributed by atoms with Gasteiger partial charge in [0.15, 0.2) is 0 Å². The highest BCUT2D eigenvalue weighted by Crippen LogP contribution is 2.34. The number of benzene rings is 2. The third-order valence-electron chi connectivity index (χ3n) is 3.76. The van der Waals surface area contributed by atoms with Gasteiger partial charge in [-0.05, 0) is 37.1 Å². The fraction of sp³-hybridized carbons (Fsp3) is 0.333. The van der Waals surface area contributed by atoms with Gasteiger partial charge in [-0.25, -0.2) is 0 Å². The van der Waals surface area contributed by atoms with Crippen LogP contribution in [-0.4, -0.2) is 13.7 Å². The topological polar surface area (TPSA) is 21.3 Å². The number of aryl methyl sites for hydroxylation is 1. The standard InChI is InChI=1S/C18H23NO/c1-5-19-17(15-9-7-6-8-10-15)16-12-11-13(2)14(3)18(16)20-4/h6-12,17,19H,5H2,1-4H3. The van der Waals surface area contributed by atoms with Crippen LogP contribution in [-0.2, 0) is 0 Å². The second-order valence-electron chi connectivity index (χ2n) is 5.03. The normalized spacial score (nSPS) is 12.2. The first-order valence-electron chi connectivity index (χ1n) is 7.11. The lowest BCUT2D eigenvalue weighted by atomic mass is 9.94. The Bertz CT molecular complexity index is 563. The summed E-state index contributed by atoms with van der Waals surface area (Å²) in [6.07, 6.45) is 0. The summed E-state index contributed by atoms with van der Waals surface area (Å²) in [5, 5.41) is 3.56. The van der Waals surface area contributed by atoms with Crippen LogP contribution in [0.5, 0.6) is 5.75 Å². The molecule has 20 heavy (non-hydrogen) atoms. The zero-order chi connectivity index (χ0) is 14.5. The highest BCUT2D eigenvalue weighted by atomic mass is 16.5. The summed E-state index contributed by atoms with van der Waals surface area (Å²) in [4.78, 5) is 0. The fourth-order valence-electron chi connectivity index (χ4n) is 2.57. The molecule has 0 aliphatic heterocycles. The van der Waals surface area contributed by atoms with Crippen LogP contribution >= 0.6 is 0 Å². The van der Waals surface area contributed by atoms with E-state index in [1.807, 2.05) is 6.07 Å². The lowest BCUT2D eigenvalue weighted by molar-refractivity contribution is 0.401. The molecule has 2 aromatic carbocycles. The Morgan fingerprint density at radius 2 is 1.75 bits per heavy atom. The number of nitrogens with one attached hydrogen (secondary N) is 1. The molecule has 0 heterocycles. The molecule has 0 saturated carbocycles. The van der Waals surface area contributed by atoms with Gasteiger partial charge in [0.2, 0.25) is 0 Å². The Morgan fingerprint density at radius 3 is 2.35 bits per heavy atom. The van der Waals surface area contributed by atoms with Crippen molar-refractivity contribution in [1.29, 1.82) is 0 Å². The zero-order valence-electron chi connectivity index (χ0n) is 12.7. The van der Waals surface area contributed by atoms with E-state index in [9.17, 15) is 0 Å². The maximum absolute atomic E-state index is 5.67. The summed E-state index contributed by atoms with van der Waals surface area (Å²) in [6.45, 7) is 7.27. The molecule has 0 saturated heterocycles. The minimum absolute atomic E-state index is 0.162. The zero-order valence-corrected chi connectivity index (χ0v) is 12.7. The van der Waals surface area contributed by atoms with Gasteiger partial charge < -0.3 is 10.1 Å². The molecule has 2 heteroatoms. The van der Waals surface area contributed by atoms with Crippen LogP contribution < -0.4 is 10.1 Å². The Kier molecular flexibility index (Phi) is 4.80. The summed E-state index contributed by atoms with van der Waals surface area (Å²) in [5.74, 6) is 0.986. The molecule has 1 unspecified atom stereocenters. The molecule has 1 atom stereocenters. The van der Waals surface area contributed by atoms with Crippen molar-refractivity contribution in [3.8, 4) is 5.75 Å². The van der Waals surface area contributed by atoms with E-state index in [2.05, 4.69) is 62.5 Å². The third kappa shape index (κ3) is 2.86. The molecular formula is C18H23NO. The van der Waals surface area contributed by atoms with Crippen LogP contribution in [0.3, 0.4) is 0 Å². The van der Waals surface area contributed by atoms with Crippen molar-refractivity contribution in [1.82, 2.24) is 5.32 Å². The molecule has 2 rings (SSSR count). The van der Waals surface area contributed by atoms with Crippen LogP contribution in [0.4, 0.5) is 0 Å². The summed E-state index contributed by atoms with van der Waals surface area (Å²) in [5.41, 5.74) is 4.93. The molecule has 0 aliphatic carbocycles. The monoisotopic (exact) mass is 269 g/mol. The van der Waals surface area contributed by atoms with Crippen molar-refractivity contribution < 1.29 is 4.74 Å². The van der Waals surface area contributed by atoms with E-state index in [0.717, 1.165) is 12.3 Å². The van der Waals surface area contributed by atoms with Crippen LogP contribution in [0.2, 0.25) is 0 Å². The number of ether oxygens (including phenoxy) is 1. The molecule has 0 amide bonds. The molecule has 0 bridgehead atoms. The molecule has 1 N–H and O–H groups in total.